The molecule has 1 heterocycles. The van der Waals surface area contributed by atoms with E-state index in [0.29, 0.717) is 0 Å². The molecule has 3 N–H and O–H groups in total. The zero-order chi connectivity index (χ0) is 11.1. The van der Waals surface area contributed by atoms with Crippen molar-refractivity contribution in [1.82, 2.24) is 0 Å². The van der Waals surface area contributed by atoms with Crippen LogP contribution in [0, 0.1) is 0 Å². The summed E-state index contributed by atoms with van der Waals surface area (Å²) in [6, 6.07) is 0. The van der Waals surface area contributed by atoms with Gasteiger partial charge in [0.15, 0.2) is 6.29 Å². The molecule has 0 aromatic heterocycles. The molecular weight excluding hydrogens is 261 g/mol. The molecule has 86 valence electrons. The first-order valence-corrected chi connectivity index (χ1v) is 6.82. The van der Waals surface area contributed by atoms with Gasteiger partial charge < -0.3 is 14.9 Å². The van der Waals surface area contributed by atoms with Crippen LogP contribution in [0.5, 0.6) is 0 Å². The van der Waals surface area contributed by atoms with E-state index in [1.807, 2.05) is 0 Å². The normalized spacial score (nSPS) is 32.1. The van der Waals surface area contributed by atoms with Crippen LogP contribution >= 0.6 is 24.8 Å². The Kier molecular flexibility index (Phi) is 7.95. The summed E-state index contributed by atoms with van der Waals surface area (Å²) in [5, 5.41) is 8.38. The third kappa shape index (κ3) is 7.82. The minimum Gasteiger partial charge on any atom is -0.391 e. The molecule has 2 atom stereocenters. The summed E-state index contributed by atoms with van der Waals surface area (Å²) >= 11 is 0. The molecule has 14 heavy (non-hydrogen) atoms. The second-order valence-electron chi connectivity index (χ2n) is 1.73. The van der Waals surface area contributed by atoms with Gasteiger partial charge in [-0.1, -0.05) is 0 Å². The molecule has 0 amide bonds. The predicted octanol–water partition coefficient (Wildman–Crippen LogP) is -0.492. The fraction of sp³-hybridized carbons (Fsp3) is 1.00. The highest BCUT2D eigenvalue weighted by molar-refractivity contribution is 7.48. The zero-order valence-electron chi connectivity index (χ0n) is 6.58. The first-order valence-electron chi connectivity index (χ1n) is 3.07. The maximum absolute atomic E-state index is 10.4. The molecule has 2 unspecified atom stereocenters. The Morgan fingerprint density at radius 3 is 1.86 bits per heavy atom. The molecule has 0 spiro atoms. The number of aliphatic hydroxyl groups is 1. The molecule has 1 aliphatic heterocycles. The standard InChI is InChI=1S/C2H6O6P2.H3O3P/c3-1-2-6-9(4)8-10(5)7-2;1-4(2)3/h2-3,9-10H,1H2;4H,(H2,1,2,3). The van der Waals surface area contributed by atoms with Crippen molar-refractivity contribution in [2.45, 2.75) is 6.29 Å². The van der Waals surface area contributed by atoms with E-state index in [0.717, 1.165) is 0 Å². The van der Waals surface area contributed by atoms with Crippen molar-refractivity contribution in [3.05, 3.63) is 0 Å². The SMILES string of the molecule is O=[PH](O)O.O=[PH]1OC(CO)O[PH](=O)O1. The molecule has 0 aromatic carbocycles. The van der Waals surface area contributed by atoms with Crippen molar-refractivity contribution in [3.8, 4) is 0 Å². The smallest absolute Gasteiger partial charge is 0.328 e. The van der Waals surface area contributed by atoms with Gasteiger partial charge in [0.25, 0.3) is 0 Å². The Morgan fingerprint density at radius 1 is 1.21 bits per heavy atom. The molecule has 0 aromatic rings. The summed E-state index contributed by atoms with van der Waals surface area (Å²) in [6.07, 6.45) is -1.06. The van der Waals surface area contributed by atoms with Gasteiger partial charge in [0.2, 0.25) is 0 Å². The van der Waals surface area contributed by atoms with E-state index in [2.05, 4.69) is 13.4 Å². The molecule has 0 radical (unpaired) electrons. The van der Waals surface area contributed by atoms with Crippen LogP contribution in [-0.2, 0) is 27.1 Å². The van der Waals surface area contributed by atoms with Crippen LogP contribution in [0.2, 0.25) is 0 Å². The van der Waals surface area contributed by atoms with Gasteiger partial charge in [0.1, 0.15) is 0 Å². The van der Waals surface area contributed by atoms with Crippen LogP contribution in [0.3, 0.4) is 0 Å². The van der Waals surface area contributed by atoms with Crippen molar-refractivity contribution >= 4 is 24.8 Å². The van der Waals surface area contributed by atoms with Gasteiger partial charge in [0.05, 0.1) is 6.61 Å². The Hall–Kier alpha value is 0.450. The first kappa shape index (κ1) is 14.5. The molecule has 9 nitrogen and oxygen atoms in total. The number of rotatable bonds is 1. The van der Waals surface area contributed by atoms with Crippen LogP contribution in [-0.4, -0.2) is 27.8 Å². The van der Waals surface area contributed by atoms with Gasteiger partial charge in [-0.15, -0.1) is 0 Å². The van der Waals surface area contributed by atoms with E-state index in [4.69, 9.17) is 19.5 Å². The lowest BCUT2D eigenvalue weighted by Gasteiger charge is -2.19. The summed E-state index contributed by atoms with van der Waals surface area (Å²) in [4.78, 5) is 14.3. The molecule has 0 bridgehead atoms. The van der Waals surface area contributed by atoms with E-state index >= 15 is 0 Å². The summed E-state index contributed by atoms with van der Waals surface area (Å²) in [5.74, 6) is 0. The van der Waals surface area contributed by atoms with Gasteiger partial charge in [-0.25, -0.2) is 4.31 Å². The van der Waals surface area contributed by atoms with Crippen LogP contribution in [0.1, 0.15) is 0 Å². The molecular formula is C2H9O9P3. The fourth-order valence-electron chi connectivity index (χ4n) is 0.429. The number of hydrogen-bond acceptors (Lipinski definition) is 7. The van der Waals surface area contributed by atoms with E-state index in [-0.39, 0.29) is 0 Å². The van der Waals surface area contributed by atoms with E-state index in [1.165, 1.54) is 0 Å². The molecule has 1 rings (SSSR count). The zero-order valence-corrected chi connectivity index (χ0v) is 9.58. The molecule has 1 aliphatic rings. The number of hydrogen-bond donors (Lipinski definition) is 3. The lowest BCUT2D eigenvalue weighted by Crippen LogP contribution is -2.17. The second-order valence-corrected chi connectivity index (χ2v) is 4.59. The van der Waals surface area contributed by atoms with Crippen molar-refractivity contribution in [3.63, 3.8) is 0 Å². The third-order valence-corrected chi connectivity index (χ3v) is 3.02. The van der Waals surface area contributed by atoms with Crippen molar-refractivity contribution < 1.29 is 41.9 Å². The highest BCUT2D eigenvalue weighted by Crippen LogP contribution is 2.46. The molecule has 0 saturated carbocycles. The van der Waals surface area contributed by atoms with Gasteiger partial charge in [-0.3, -0.25) is 22.7 Å². The van der Waals surface area contributed by atoms with Crippen molar-refractivity contribution in [1.29, 1.82) is 0 Å². The monoisotopic (exact) mass is 270 g/mol. The fourth-order valence-corrected chi connectivity index (χ4v) is 2.13. The minimum atomic E-state index is -3.13. The molecule has 12 heteroatoms. The summed E-state index contributed by atoms with van der Waals surface area (Å²) in [5.41, 5.74) is 0. The Bertz CT molecular complexity index is 218. The van der Waals surface area contributed by atoms with E-state index in [9.17, 15) is 9.13 Å². The predicted molar refractivity (Wildman–Crippen MR) is 45.6 cm³/mol. The van der Waals surface area contributed by atoms with E-state index in [1.54, 1.807) is 0 Å². The van der Waals surface area contributed by atoms with Gasteiger partial charge in [-0.2, -0.15) is 0 Å². The van der Waals surface area contributed by atoms with Gasteiger partial charge in [-0.05, 0) is 0 Å². The topological polar surface area (TPSA) is 140 Å². The number of aliphatic hydroxyl groups excluding tert-OH is 1. The highest BCUT2D eigenvalue weighted by atomic mass is 31.2. The largest absolute Gasteiger partial charge is 0.391 e. The molecule has 1 saturated heterocycles. The Balaban J connectivity index is 0.000000364. The Labute approximate surface area is 80.5 Å². The summed E-state index contributed by atoms with van der Waals surface area (Å²) < 4.78 is 42.5. The maximum atomic E-state index is 10.4. The molecule has 1 fully saturated rings. The second kappa shape index (κ2) is 7.70. The van der Waals surface area contributed by atoms with Crippen molar-refractivity contribution in [2.24, 2.45) is 0 Å². The lowest BCUT2D eigenvalue weighted by atomic mass is 10.7. The highest BCUT2D eigenvalue weighted by Gasteiger charge is 2.23. The van der Waals surface area contributed by atoms with Crippen LogP contribution in [0.15, 0.2) is 0 Å². The first-order chi connectivity index (χ1) is 6.45. The average molecular weight is 270 g/mol. The summed E-state index contributed by atoms with van der Waals surface area (Å²) in [6.45, 7) is -0.476. The maximum Gasteiger partial charge on any atom is 0.328 e. The average Bonchev–Trinajstić information content (AvgIpc) is 2.01. The minimum absolute atomic E-state index is 0.476. The van der Waals surface area contributed by atoms with Crippen LogP contribution < -0.4 is 0 Å². The van der Waals surface area contributed by atoms with Crippen LogP contribution in [0.25, 0.3) is 0 Å². The van der Waals surface area contributed by atoms with Crippen molar-refractivity contribution in [2.75, 3.05) is 6.61 Å². The Morgan fingerprint density at radius 2 is 1.57 bits per heavy atom. The van der Waals surface area contributed by atoms with Gasteiger partial charge in [0, 0.05) is 0 Å². The van der Waals surface area contributed by atoms with Crippen LogP contribution in [0.4, 0.5) is 0 Å². The van der Waals surface area contributed by atoms with Gasteiger partial charge >= 0.3 is 24.8 Å². The lowest BCUT2D eigenvalue weighted by molar-refractivity contribution is -0.0509. The van der Waals surface area contributed by atoms with E-state index < -0.39 is 37.7 Å². The third-order valence-electron chi connectivity index (χ3n) is 0.771. The molecule has 0 aliphatic carbocycles. The summed E-state index contributed by atoms with van der Waals surface area (Å²) in [7, 11) is -8.54. The quantitative estimate of drug-likeness (QED) is 0.538.